The van der Waals surface area contributed by atoms with Crippen molar-refractivity contribution >= 4 is 39.3 Å². The highest BCUT2D eigenvalue weighted by Gasteiger charge is 2.29. The van der Waals surface area contributed by atoms with Crippen LogP contribution in [0.15, 0.2) is 34.2 Å². The molecule has 1 aromatic carbocycles. The lowest BCUT2D eigenvalue weighted by atomic mass is 9.96. The van der Waals surface area contributed by atoms with Gasteiger partial charge in [0.1, 0.15) is 10.1 Å². The fraction of sp³-hybridized carbons (Fsp3) is 0.409. The molecule has 30 heavy (non-hydrogen) atoms. The monoisotopic (exact) mass is 444 g/mol. The SMILES string of the molecule is Cc1ccccc1-n1c(S[C@@H](C)C(=O)O)nc2sc3c(c2c1=O)C[C@H](C(C)C)OC3. The number of nitrogens with zero attached hydrogens (tertiary/aromatic N) is 2. The Hall–Kier alpha value is -2.16. The zero-order chi connectivity index (χ0) is 21.6. The van der Waals surface area contributed by atoms with Gasteiger partial charge in [-0.05, 0) is 37.0 Å². The third kappa shape index (κ3) is 3.68. The van der Waals surface area contributed by atoms with Gasteiger partial charge in [-0.2, -0.15) is 0 Å². The summed E-state index contributed by atoms with van der Waals surface area (Å²) in [5.41, 5.74) is 2.54. The minimum atomic E-state index is -0.940. The molecule has 0 saturated carbocycles. The molecule has 158 valence electrons. The van der Waals surface area contributed by atoms with Crippen LogP contribution < -0.4 is 5.56 Å². The summed E-state index contributed by atoms with van der Waals surface area (Å²) in [4.78, 5) is 31.7. The zero-order valence-corrected chi connectivity index (χ0v) is 19.0. The fourth-order valence-corrected chi connectivity index (χ4v) is 5.67. The van der Waals surface area contributed by atoms with E-state index in [2.05, 4.69) is 13.8 Å². The van der Waals surface area contributed by atoms with Crippen molar-refractivity contribution in [1.29, 1.82) is 0 Å². The largest absolute Gasteiger partial charge is 0.480 e. The number of hydrogen-bond donors (Lipinski definition) is 1. The van der Waals surface area contributed by atoms with E-state index in [9.17, 15) is 14.7 Å². The molecule has 0 aliphatic carbocycles. The summed E-state index contributed by atoms with van der Waals surface area (Å²) >= 11 is 2.57. The van der Waals surface area contributed by atoms with Crippen LogP contribution in [0.3, 0.4) is 0 Å². The van der Waals surface area contributed by atoms with Gasteiger partial charge in [0.25, 0.3) is 5.56 Å². The summed E-state index contributed by atoms with van der Waals surface area (Å²) in [6, 6.07) is 7.60. The van der Waals surface area contributed by atoms with Crippen molar-refractivity contribution in [3.05, 3.63) is 50.6 Å². The number of fused-ring (bicyclic) bond motifs is 3. The maximum absolute atomic E-state index is 13.8. The Bertz CT molecular complexity index is 1180. The summed E-state index contributed by atoms with van der Waals surface area (Å²) in [6.07, 6.45) is 0.762. The molecule has 1 N–H and O–H groups in total. The molecule has 0 bridgehead atoms. The number of hydrogen-bond acceptors (Lipinski definition) is 6. The van der Waals surface area contributed by atoms with Gasteiger partial charge in [0.05, 0.1) is 23.8 Å². The Morgan fingerprint density at radius 2 is 2.07 bits per heavy atom. The molecule has 0 saturated heterocycles. The van der Waals surface area contributed by atoms with E-state index >= 15 is 0 Å². The average Bonchev–Trinajstić information content (AvgIpc) is 3.06. The van der Waals surface area contributed by atoms with Crippen LogP contribution in [0.25, 0.3) is 15.9 Å². The molecule has 2 atom stereocenters. The van der Waals surface area contributed by atoms with Crippen LogP contribution in [0.5, 0.6) is 0 Å². The van der Waals surface area contributed by atoms with Crippen molar-refractivity contribution in [2.75, 3.05) is 0 Å². The maximum atomic E-state index is 13.8. The number of carboxylic acids is 1. The van der Waals surface area contributed by atoms with Gasteiger partial charge < -0.3 is 9.84 Å². The van der Waals surface area contributed by atoms with Crippen LogP contribution in [-0.2, 0) is 22.6 Å². The molecule has 1 aliphatic heterocycles. The summed E-state index contributed by atoms with van der Waals surface area (Å²) in [5.74, 6) is -0.588. The van der Waals surface area contributed by atoms with Gasteiger partial charge in [-0.3, -0.25) is 14.2 Å². The first-order chi connectivity index (χ1) is 14.3. The van der Waals surface area contributed by atoms with E-state index in [0.29, 0.717) is 34.3 Å². The van der Waals surface area contributed by atoms with Crippen LogP contribution in [0.4, 0.5) is 0 Å². The standard InChI is InChI=1S/C22H24N2O4S2/c1-11(2)16-9-14-17(10-28-16)30-19-18(14)20(25)24(15-8-6-5-7-12(15)3)22(23-19)29-13(4)21(26)27/h5-8,11,13,16H,9-10H2,1-4H3,(H,26,27)/t13-,16+/m0/s1. The fourth-order valence-electron chi connectivity index (χ4n) is 3.65. The van der Waals surface area contributed by atoms with Crippen LogP contribution in [0, 0.1) is 12.8 Å². The molecule has 0 unspecified atom stereocenters. The minimum absolute atomic E-state index is 0.0719. The second-order valence-corrected chi connectivity index (χ2v) is 10.3. The van der Waals surface area contributed by atoms with E-state index in [1.807, 2.05) is 31.2 Å². The number of rotatable bonds is 5. The molecule has 3 heterocycles. The van der Waals surface area contributed by atoms with Gasteiger partial charge in [-0.15, -0.1) is 11.3 Å². The number of para-hydroxylation sites is 1. The highest BCUT2D eigenvalue weighted by atomic mass is 32.2. The van der Waals surface area contributed by atoms with Gasteiger partial charge >= 0.3 is 5.97 Å². The molecule has 0 amide bonds. The normalized spacial score (nSPS) is 17.3. The topological polar surface area (TPSA) is 81.4 Å². The third-order valence-corrected chi connectivity index (χ3v) is 7.58. The number of aromatic nitrogens is 2. The Kier molecular flexibility index (Phi) is 5.74. The number of carbonyl (C=O) groups is 1. The predicted molar refractivity (Wildman–Crippen MR) is 120 cm³/mol. The Morgan fingerprint density at radius 1 is 1.33 bits per heavy atom. The number of carboxylic acid groups (broad SMARTS) is 1. The number of thioether (sulfide) groups is 1. The van der Waals surface area contributed by atoms with E-state index < -0.39 is 11.2 Å². The summed E-state index contributed by atoms with van der Waals surface area (Å²) in [5, 5.41) is 9.72. The molecular formula is C22H24N2O4S2. The van der Waals surface area contributed by atoms with Gasteiger partial charge in [0.15, 0.2) is 5.16 Å². The van der Waals surface area contributed by atoms with Crippen molar-refractivity contribution in [3.8, 4) is 5.69 Å². The highest BCUT2D eigenvalue weighted by Crippen LogP contribution is 2.37. The van der Waals surface area contributed by atoms with Gasteiger partial charge in [0.2, 0.25) is 0 Å². The molecular weight excluding hydrogens is 420 g/mol. The molecule has 0 spiro atoms. The number of ether oxygens (including phenoxy) is 1. The first kappa shape index (κ1) is 21.1. The van der Waals surface area contributed by atoms with E-state index in [4.69, 9.17) is 9.72 Å². The van der Waals surface area contributed by atoms with Crippen LogP contribution in [-0.4, -0.2) is 32.0 Å². The van der Waals surface area contributed by atoms with Gasteiger partial charge in [0, 0.05) is 11.3 Å². The van der Waals surface area contributed by atoms with Crippen LogP contribution in [0.1, 0.15) is 36.8 Å². The Labute approximate surface area is 182 Å². The average molecular weight is 445 g/mol. The van der Waals surface area contributed by atoms with E-state index in [0.717, 1.165) is 33.5 Å². The minimum Gasteiger partial charge on any atom is -0.480 e. The molecule has 0 radical (unpaired) electrons. The lowest BCUT2D eigenvalue weighted by molar-refractivity contribution is -0.136. The zero-order valence-electron chi connectivity index (χ0n) is 17.3. The molecule has 0 fully saturated rings. The first-order valence-corrected chi connectivity index (χ1v) is 11.6. The van der Waals surface area contributed by atoms with Crippen LogP contribution >= 0.6 is 23.1 Å². The Balaban J connectivity index is 1.97. The van der Waals surface area contributed by atoms with E-state index in [1.165, 1.54) is 11.3 Å². The first-order valence-electron chi connectivity index (χ1n) is 9.92. The smallest absolute Gasteiger partial charge is 0.316 e. The summed E-state index contributed by atoms with van der Waals surface area (Å²) in [7, 11) is 0. The van der Waals surface area contributed by atoms with Crippen molar-refractivity contribution < 1.29 is 14.6 Å². The van der Waals surface area contributed by atoms with E-state index in [-0.39, 0.29) is 11.7 Å². The van der Waals surface area contributed by atoms with Gasteiger partial charge in [-0.25, -0.2) is 4.98 Å². The number of thiophene rings is 1. The van der Waals surface area contributed by atoms with Gasteiger partial charge in [-0.1, -0.05) is 43.8 Å². The quantitative estimate of drug-likeness (QED) is 0.463. The maximum Gasteiger partial charge on any atom is 0.316 e. The van der Waals surface area contributed by atoms with Crippen LogP contribution in [0.2, 0.25) is 0 Å². The molecule has 4 rings (SSSR count). The second kappa shape index (κ2) is 8.17. The number of aryl methyl sites for hydroxylation is 1. The molecule has 6 nitrogen and oxygen atoms in total. The number of aliphatic carboxylic acids is 1. The summed E-state index contributed by atoms with van der Waals surface area (Å²) in [6.45, 7) is 8.27. The van der Waals surface area contributed by atoms with E-state index in [1.54, 1.807) is 11.5 Å². The summed E-state index contributed by atoms with van der Waals surface area (Å²) < 4.78 is 7.56. The lowest BCUT2D eigenvalue weighted by Crippen LogP contribution is -2.28. The number of benzene rings is 1. The van der Waals surface area contributed by atoms with Crippen molar-refractivity contribution in [3.63, 3.8) is 0 Å². The molecule has 2 aromatic heterocycles. The van der Waals surface area contributed by atoms with Crippen molar-refractivity contribution in [2.24, 2.45) is 5.92 Å². The molecule has 8 heteroatoms. The third-order valence-electron chi connectivity index (χ3n) is 5.44. The van der Waals surface area contributed by atoms with Crippen molar-refractivity contribution in [1.82, 2.24) is 9.55 Å². The second-order valence-electron chi connectivity index (χ2n) is 7.90. The molecule has 1 aliphatic rings. The highest BCUT2D eigenvalue weighted by molar-refractivity contribution is 8.00. The lowest BCUT2D eigenvalue weighted by Gasteiger charge is -2.26. The van der Waals surface area contributed by atoms with Crippen molar-refractivity contribution in [2.45, 2.75) is 57.2 Å². The molecule has 3 aromatic rings. The Morgan fingerprint density at radius 3 is 2.73 bits per heavy atom. The predicted octanol–water partition coefficient (Wildman–Crippen LogP) is 4.42.